The van der Waals surface area contributed by atoms with Gasteiger partial charge in [-0.25, -0.2) is 4.98 Å². The number of fused-ring (bicyclic) bond motifs is 5. The molecule has 4 heterocycles. The van der Waals surface area contributed by atoms with Crippen LogP contribution in [0.2, 0.25) is 0 Å². The topological polar surface area (TPSA) is 95.7 Å². The van der Waals surface area contributed by atoms with Gasteiger partial charge in [-0.1, -0.05) is 6.07 Å². The molecule has 2 bridgehead atoms. The summed E-state index contributed by atoms with van der Waals surface area (Å²) in [5.41, 5.74) is 1.17. The van der Waals surface area contributed by atoms with Crippen LogP contribution in [0.15, 0.2) is 46.2 Å². The lowest BCUT2D eigenvalue weighted by molar-refractivity contribution is -0.134. The number of piperidine rings is 1. The number of hydrogen-bond donors (Lipinski definition) is 0. The van der Waals surface area contributed by atoms with Crippen LogP contribution in [0.3, 0.4) is 0 Å². The minimum absolute atomic E-state index is 0.0119. The van der Waals surface area contributed by atoms with Gasteiger partial charge in [-0.15, -0.1) is 0 Å². The highest BCUT2D eigenvalue weighted by atomic mass is 16.5. The Morgan fingerprint density at radius 1 is 1.09 bits per heavy atom. The first-order chi connectivity index (χ1) is 15.5. The zero-order valence-corrected chi connectivity index (χ0v) is 18.0. The molecule has 166 valence electrons. The van der Waals surface area contributed by atoms with E-state index in [2.05, 4.69) is 4.98 Å². The lowest BCUT2D eigenvalue weighted by Crippen LogP contribution is -2.50. The summed E-state index contributed by atoms with van der Waals surface area (Å²) >= 11 is 0. The minimum Gasteiger partial charge on any atom is -0.493 e. The maximum absolute atomic E-state index is 13.1. The molecule has 1 saturated heterocycles. The standard InChI is InChI=1S/C23H24N4O5/c1-31-19-7-16-17(8-20(19)32-2)24-13-26(23(16)30)12-22(29)25-9-14-6-15(11-25)18-4-3-5-21(28)27(18)10-14/h3-5,7-8,13-15H,6,9-12H2,1-2H3/t14-,15-/m1/s1. The van der Waals surface area contributed by atoms with E-state index >= 15 is 0 Å². The van der Waals surface area contributed by atoms with Gasteiger partial charge in [0.25, 0.3) is 11.1 Å². The van der Waals surface area contributed by atoms with Gasteiger partial charge >= 0.3 is 0 Å². The third-order valence-electron chi connectivity index (χ3n) is 6.47. The van der Waals surface area contributed by atoms with Crippen molar-refractivity contribution in [1.82, 2.24) is 19.0 Å². The van der Waals surface area contributed by atoms with Crippen molar-refractivity contribution in [2.24, 2.45) is 5.92 Å². The summed E-state index contributed by atoms with van der Waals surface area (Å²) in [6.07, 6.45) is 2.36. The smallest absolute Gasteiger partial charge is 0.261 e. The molecule has 0 N–H and O–H groups in total. The average molecular weight is 436 g/mol. The third-order valence-corrected chi connectivity index (χ3v) is 6.47. The van der Waals surface area contributed by atoms with Crippen LogP contribution in [0, 0.1) is 5.92 Å². The van der Waals surface area contributed by atoms with Crippen molar-refractivity contribution in [3.05, 3.63) is 63.1 Å². The molecule has 1 fully saturated rings. The molecular weight excluding hydrogens is 412 g/mol. The first kappa shape index (κ1) is 20.3. The van der Waals surface area contributed by atoms with Gasteiger partial charge in [0, 0.05) is 43.4 Å². The molecule has 1 amide bonds. The largest absolute Gasteiger partial charge is 0.493 e. The number of nitrogens with zero attached hydrogens (tertiary/aromatic N) is 4. The molecule has 2 aliphatic rings. The monoisotopic (exact) mass is 436 g/mol. The maximum atomic E-state index is 13.1. The van der Waals surface area contributed by atoms with Gasteiger partial charge in [-0.05, 0) is 24.5 Å². The van der Waals surface area contributed by atoms with Gasteiger partial charge < -0.3 is 18.9 Å². The van der Waals surface area contributed by atoms with Crippen LogP contribution in [-0.4, -0.2) is 52.2 Å². The SMILES string of the molecule is COc1cc2ncn(CC(=O)N3C[C@H]4C[C@H](C3)c3cccc(=O)n3C4)c(=O)c2cc1OC. The number of ether oxygens (including phenoxy) is 2. The molecule has 9 nitrogen and oxygen atoms in total. The van der Waals surface area contributed by atoms with Crippen LogP contribution in [-0.2, 0) is 17.9 Å². The van der Waals surface area contributed by atoms with Crippen molar-refractivity contribution in [2.75, 3.05) is 27.3 Å². The number of benzene rings is 1. The number of rotatable bonds is 4. The molecule has 32 heavy (non-hydrogen) atoms. The predicted molar refractivity (Wildman–Crippen MR) is 117 cm³/mol. The highest BCUT2D eigenvalue weighted by Gasteiger charge is 2.36. The predicted octanol–water partition coefficient (Wildman–Crippen LogP) is 1.22. The Morgan fingerprint density at radius 2 is 1.88 bits per heavy atom. The summed E-state index contributed by atoms with van der Waals surface area (Å²) in [6, 6.07) is 8.56. The van der Waals surface area contributed by atoms with E-state index in [1.54, 1.807) is 24.3 Å². The van der Waals surface area contributed by atoms with Crippen LogP contribution >= 0.6 is 0 Å². The Morgan fingerprint density at radius 3 is 2.66 bits per heavy atom. The van der Waals surface area contributed by atoms with Crippen LogP contribution in [0.25, 0.3) is 10.9 Å². The summed E-state index contributed by atoms with van der Waals surface area (Å²) < 4.78 is 13.7. The number of likely N-dealkylation sites (tertiary alicyclic amines) is 1. The van der Waals surface area contributed by atoms with Crippen molar-refractivity contribution in [1.29, 1.82) is 0 Å². The van der Waals surface area contributed by atoms with E-state index in [-0.39, 0.29) is 35.4 Å². The fourth-order valence-electron chi connectivity index (χ4n) is 4.94. The number of hydrogen-bond acceptors (Lipinski definition) is 6. The van der Waals surface area contributed by atoms with E-state index in [9.17, 15) is 14.4 Å². The van der Waals surface area contributed by atoms with E-state index in [0.29, 0.717) is 42.0 Å². The van der Waals surface area contributed by atoms with E-state index in [0.717, 1.165) is 12.1 Å². The van der Waals surface area contributed by atoms with Crippen molar-refractivity contribution >= 4 is 16.8 Å². The molecule has 0 saturated carbocycles. The molecule has 1 aromatic carbocycles. The average Bonchev–Trinajstić information content (AvgIpc) is 2.80. The number of carbonyl (C=O) groups excluding carboxylic acids is 1. The van der Waals surface area contributed by atoms with E-state index < -0.39 is 0 Å². The van der Waals surface area contributed by atoms with E-state index in [1.807, 2.05) is 15.5 Å². The minimum atomic E-state index is -0.307. The van der Waals surface area contributed by atoms with Gasteiger partial charge in [0.2, 0.25) is 5.91 Å². The summed E-state index contributed by atoms with van der Waals surface area (Å²) in [5, 5.41) is 0.363. The van der Waals surface area contributed by atoms with E-state index in [4.69, 9.17) is 9.47 Å². The lowest BCUT2D eigenvalue weighted by atomic mass is 9.83. The second kappa shape index (κ2) is 7.81. The summed E-state index contributed by atoms with van der Waals surface area (Å²) in [6.45, 7) is 1.65. The molecule has 0 radical (unpaired) electrons. The second-order valence-electron chi connectivity index (χ2n) is 8.40. The number of carbonyl (C=O) groups is 1. The van der Waals surface area contributed by atoms with Crippen molar-refractivity contribution in [2.45, 2.75) is 25.4 Å². The number of methoxy groups -OCH3 is 2. The zero-order valence-electron chi connectivity index (χ0n) is 18.0. The van der Waals surface area contributed by atoms with Gasteiger partial charge in [0.05, 0.1) is 31.4 Å². The Balaban J connectivity index is 1.40. The van der Waals surface area contributed by atoms with Gasteiger partial charge in [0.15, 0.2) is 11.5 Å². The van der Waals surface area contributed by atoms with Gasteiger partial charge in [0.1, 0.15) is 6.54 Å². The van der Waals surface area contributed by atoms with Crippen molar-refractivity contribution in [3.8, 4) is 11.5 Å². The quantitative estimate of drug-likeness (QED) is 0.610. The summed E-state index contributed by atoms with van der Waals surface area (Å²) in [5.74, 6) is 1.15. The first-order valence-corrected chi connectivity index (χ1v) is 10.6. The van der Waals surface area contributed by atoms with Gasteiger partial charge in [-0.2, -0.15) is 0 Å². The highest BCUT2D eigenvalue weighted by Crippen LogP contribution is 2.35. The summed E-state index contributed by atoms with van der Waals surface area (Å²) in [7, 11) is 3.02. The molecular formula is C23H24N4O5. The van der Waals surface area contributed by atoms with Crippen molar-refractivity contribution < 1.29 is 14.3 Å². The molecule has 2 aromatic heterocycles. The van der Waals surface area contributed by atoms with Crippen LogP contribution in [0.4, 0.5) is 0 Å². The number of pyridine rings is 1. The normalized spacial score (nSPS) is 19.5. The fraction of sp³-hybridized carbons (Fsp3) is 0.391. The Hall–Kier alpha value is -3.62. The maximum Gasteiger partial charge on any atom is 0.261 e. The fourth-order valence-corrected chi connectivity index (χ4v) is 4.94. The van der Waals surface area contributed by atoms with E-state index in [1.165, 1.54) is 25.1 Å². The number of amides is 1. The lowest BCUT2D eigenvalue weighted by Gasteiger charge is -2.42. The van der Waals surface area contributed by atoms with Gasteiger partial charge in [-0.3, -0.25) is 19.0 Å². The Kier molecular flexibility index (Phi) is 4.96. The zero-order chi connectivity index (χ0) is 22.4. The first-order valence-electron chi connectivity index (χ1n) is 10.6. The Labute approximate surface area is 183 Å². The van der Waals surface area contributed by atoms with Crippen LogP contribution < -0.4 is 20.6 Å². The second-order valence-corrected chi connectivity index (χ2v) is 8.40. The number of aromatic nitrogens is 3. The molecule has 0 aliphatic carbocycles. The molecule has 0 unspecified atom stereocenters. The Bertz CT molecular complexity index is 1330. The molecule has 3 aromatic rings. The molecule has 0 spiro atoms. The molecule has 5 rings (SSSR count). The van der Waals surface area contributed by atoms with Crippen LogP contribution in [0.5, 0.6) is 11.5 Å². The van der Waals surface area contributed by atoms with Crippen molar-refractivity contribution in [3.63, 3.8) is 0 Å². The summed E-state index contributed by atoms with van der Waals surface area (Å²) in [4.78, 5) is 44.5. The molecule has 2 atom stereocenters. The molecule has 2 aliphatic heterocycles. The third kappa shape index (κ3) is 3.34. The van der Waals surface area contributed by atoms with Crippen LogP contribution in [0.1, 0.15) is 18.0 Å². The highest BCUT2D eigenvalue weighted by molar-refractivity contribution is 5.82. The molecule has 9 heteroatoms.